The van der Waals surface area contributed by atoms with E-state index in [1.165, 1.54) is 4.90 Å². The molecule has 1 aromatic rings. The van der Waals surface area contributed by atoms with Gasteiger partial charge >= 0.3 is 12.1 Å². The van der Waals surface area contributed by atoms with Crippen LogP contribution in [0.3, 0.4) is 0 Å². The number of nitrogens with zero attached hydrogens (tertiary/aromatic N) is 1. The number of para-hydroxylation sites is 1. The maximum absolute atomic E-state index is 12.3. The highest BCUT2D eigenvalue weighted by Gasteiger charge is 2.43. The second-order valence-electron chi connectivity index (χ2n) is 7.02. The van der Waals surface area contributed by atoms with Crippen LogP contribution in [0.1, 0.15) is 32.8 Å². The van der Waals surface area contributed by atoms with Crippen LogP contribution in [0.4, 0.5) is 4.79 Å². The zero-order valence-corrected chi connectivity index (χ0v) is 14.6. The number of benzene rings is 1. The molecule has 1 aliphatic rings. The normalized spacial score (nSPS) is 20.8. The van der Waals surface area contributed by atoms with Crippen molar-refractivity contribution in [2.24, 2.45) is 5.92 Å². The molecule has 2 atom stereocenters. The minimum atomic E-state index is -1.00. The van der Waals surface area contributed by atoms with Crippen molar-refractivity contribution in [1.29, 1.82) is 0 Å². The Labute approximate surface area is 142 Å². The molecule has 0 spiro atoms. The quantitative estimate of drug-likeness (QED) is 0.915. The standard InChI is InChI=1S/C18H25NO5/c1-18(2,3)24-17(22)19-10-9-13(15(19)16(20)21)11-12-7-5-6-8-14(12)23-4/h5-8,13,15H,9-11H2,1-4H3,(H,20,21)/t13-,15-/m0/s1. The van der Waals surface area contributed by atoms with Crippen molar-refractivity contribution in [1.82, 2.24) is 4.90 Å². The number of carbonyl (C=O) groups excluding carboxylic acids is 1. The molecule has 1 amide bonds. The molecular formula is C18H25NO5. The zero-order valence-electron chi connectivity index (χ0n) is 14.6. The Morgan fingerprint density at radius 1 is 1.29 bits per heavy atom. The summed E-state index contributed by atoms with van der Waals surface area (Å²) in [5.41, 5.74) is 0.295. The van der Waals surface area contributed by atoms with Gasteiger partial charge in [-0.1, -0.05) is 18.2 Å². The molecule has 6 heteroatoms. The van der Waals surface area contributed by atoms with E-state index in [2.05, 4.69) is 0 Å². The van der Waals surface area contributed by atoms with E-state index in [9.17, 15) is 14.7 Å². The summed E-state index contributed by atoms with van der Waals surface area (Å²) < 4.78 is 10.7. The molecule has 2 rings (SSSR count). The van der Waals surface area contributed by atoms with Crippen molar-refractivity contribution in [2.75, 3.05) is 13.7 Å². The lowest BCUT2D eigenvalue weighted by atomic mass is 9.92. The summed E-state index contributed by atoms with van der Waals surface area (Å²) in [6.45, 7) is 5.68. The van der Waals surface area contributed by atoms with Gasteiger partial charge in [0.05, 0.1) is 7.11 Å². The Morgan fingerprint density at radius 3 is 2.54 bits per heavy atom. The number of aliphatic carboxylic acids is 1. The number of methoxy groups -OCH3 is 1. The van der Waals surface area contributed by atoms with Crippen LogP contribution < -0.4 is 4.74 Å². The third-order valence-electron chi connectivity index (χ3n) is 4.08. The Balaban J connectivity index is 2.17. The Bertz CT molecular complexity index is 608. The number of carboxylic acid groups (broad SMARTS) is 1. The number of rotatable bonds is 4. The van der Waals surface area contributed by atoms with E-state index in [0.717, 1.165) is 11.3 Å². The highest BCUT2D eigenvalue weighted by Crippen LogP contribution is 2.32. The van der Waals surface area contributed by atoms with E-state index in [1.807, 2.05) is 24.3 Å². The zero-order chi connectivity index (χ0) is 17.9. The van der Waals surface area contributed by atoms with Crippen molar-refractivity contribution in [3.05, 3.63) is 29.8 Å². The van der Waals surface area contributed by atoms with E-state index in [4.69, 9.17) is 9.47 Å². The van der Waals surface area contributed by atoms with Crippen molar-refractivity contribution in [3.63, 3.8) is 0 Å². The van der Waals surface area contributed by atoms with Gasteiger partial charge in [-0.15, -0.1) is 0 Å². The molecular weight excluding hydrogens is 310 g/mol. The fraction of sp³-hybridized carbons (Fsp3) is 0.556. The van der Waals surface area contributed by atoms with Crippen molar-refractivity contribution >= 4 is 12.1 Å². The van der Waals surface area contributed by atoms with Gasteiger partial charge in [-0.05, 0) is 51.2 Å². The Kier molecular flexibility index (Phi) is 5.36. The first kappa shape index (κ1) is 18.1. The predicted octanol–water partition coefficient (Wildman–Crippen LogP) is 2.95. The summed E-state index contributed by atoms with van der Waals surface area (Å²) in [5, 5.41) is 9.63. The topological polar surface area (TPSA) is 76.1 Å². The second-order valence-corrected chi connectivity index (χ2v) is 7.02. The summed E-state index contributed by atoms with van der Waals surface area (Å²) in [6, 6.07) is 6.66. The van der Waals surface area contributed by atoms with Gasteiger partial charge in [0, 0.05) is 6.54 Å². The minimum Gasteiger partial charge on any atom is -0.496 e. The van der Waals surface area contributed by atoms with Crippen molar-refractivity contribution in [2.45, 2.75) is 45.3 Å². The summed E-state index contributed by atoms with van der Waals surface area (Å²) >= 11 is 0. The molecule has 0 saturated carbocycles. The van der Waals surface area contributed by atoms with E-state index in [1.54, 1.807) is 27.9 Å². The average molecular weight is 335 g/mol. The molecule has 6 nitrogen and oxygen atoms in total. The average Bonchev–Trinajstić information content (AvgIpc) is 2.90. The summed E-state index contributed by atoms with van der Waals surface area (Å²) in [5.74, 6) is -0.443. The molecule has 1 fully saturated rings. The highest BCUT2D eigenvalue weighted by atomic mass is 16.6. The molecule has 1 heterocycles. The highest BCUT2D eigenvalue weighted by molar-refractivity contribution is 5.81. The van der Waals surface area contributed by atoms with Gasteiger partial charge in [0.15, 0.2) is 0 Å². The molecule has 0 unspecified atom stereocenters. The van der Waals surface area contributed by atoms with E-state index in [0.29, 0.717) is 19.4 Å². The maximum atomic E-state index is 12.3. The molecule has 1 N–H and O–H groups in total. The van der Waals surface area contributed by atoms with Crippen molar-refractivity contribution in [3.8, 4) is 5.75 Å². The number of likely N-dealkylation sites (tertiary alicyclic amines) is 1. The van der Waals surface area contributed by atoms with Crippen LogP contribution in [0.25, 0.3) is 0 Å². The number of carbonyl (C=O) groups is 2. The molecule has 1 saturated heterocycles. The van der Waals surface area contributed by atoms with E-state index >= 15 is 0 Å². The smallest absolute Gasteiger partial charge is 0.411 e. The molecule has 132 valence electrons. The lowest BCUT2D eigenvalue weighted by molar-refractivity contribution is -0.143. The number of hydrogen-bond acceptors (Lipinski definition) is 4. The maximum Gasteiger partial charge on any atom is 0.411 e. The lowest BCUT2D eigenvalue weighted by Gasteiger charge is -2.28. The van der Waals surface area contributed by atoms with Crippen molar-refractivity contribution < 1.29 is 24.2 Å². The molecule has 0 bridgehead atoms. The third-order valence-corrected chi connectivity index (χ3v) is 4.08. The predicted molar refractivity (Wildman–Crippen MR) is 89.2 cm³/mol. The first-order valence-electron chi connectivity index (χ1n) is 8.07. The van der Waals surface area contributed by atoms with Gasteiger partial charge in [0.25, 0.3) is 0 Å². The molecule has 0 aromatic heterocycles. The molecule has 24 heavy (non-hydrogen) atoms. The van der Waals surface area contributed by atoms with Crippen LogP contribution in [-0.4, -0.2) is 47.4 Å². The van der Waals surface area contributed by atoms with Crippen LogP contribution in [0.2, 0.25) is 0 Å². The monoisotopic (exact) mass is 335 g/mol. The fourth-order valence-electron chi connectivity index (χ4n) is 3.08. The fourth-order valence-corrected chi connectivity index (χ4v) is 3.08. The van der Waals surface area contributed by atoms with Gasteiger partial charge in [-0.3, -0.25) is 4.90 Å². The van der Waals surface area contributed by atoms with E-state index in [-0.39, 0.29) is 5.92 Å². The molecule has 0 aliphatic carbocycles. The van der Waals surface area contributed by atoms with Crippen LogP contribution in [-0.2, 0) is 16.0 Å². The Hall–Kier alpha value is -2.24. The van der Waals surface area contributed by atoms with Crippen LogP contribution in [0.15, 0.2) is 24.3 Å². The summed E-state index contributed by atoms with van der Waals surface area (Å²) in [4.78, 5) is 25.4. The van der Waals surface area contributed by atoms with Crippen LogP contribution >= 0.6 is 0 Å². The first-order chi connectivity index (χ1) is 11.2. The molecule has 1 aliphatic heterocycles. The summed E-state index contributed by atoms with van der Waals surface area (Å²) in [7, 11) is 1.59. The molecule has 1 aromatic carbocycles. The third kappa shape index (κ3) is 4.19. The van der Waals surface area contributed by atoms with Gasteiger partial charge in [-0.25, -0.2) is 9.59 Å². The Morgan fingerprint density at radius 2 is 1.96 bits per heavy atom. The largest absolute Gasteiger partial charge is 0.496 e. The van der Waals surface area contributed by atoms with Crippen LogP contribution in [0.5, 0.6) is 5.75 Å². The minimum absolute atomic E-state index is 0.175. The first-order valence-corrected chi connectivity index (χ1v) is 8.07. The lowest BCUT2D eigenvalue weighted by Crippen LogP contribution is -2.45. The van der Waals surface area contributed by atoms with Gasteiger partial charge in [-0.2, -0.15) is 0 Å². The SMILES string of the molecule is COc1ccccc1C[C@@H]1CCN(C(=O)OC(C)(C)C)[C@@H]1C(=O)O. The number of carboxylic acids is 1. The van der Waals surface area contributed by atoms with Gasteiger partial charge in [0.1, 0.15) is 17.4 Å². The van der Waals surface area contributed by atoms with Gasteiger partial charge in [0.2, 0.25) is 0 Å². The van der Waals surface area contributed by atoms with Gasteiger partial charge < -0.3 is 14.6 Å². The second kappa shape index (κ2) is 7.11. The number of hydrogen-bond donors (Lipinski definition) is 1. The molecule has 0 radical (unpaired) electrons. The number of amides is 1. The van der Waals surface area contributed by atoms with E-state index < -0.39 is 23.7 Å². The van der Waals surface area contributed by atoms with Crippen LogP contribution in [0, 0.1) is 5.92 Å². The number of ether oxygens (including phenoxy) is 2. The summed E-state index contributed by atoms with van der Waals surface area (Å²) in [6.07, 6.45) is 0.589.